The van der Waals surface area contributed by atoms with E-state index >= 15 is 0 Å². The molecule has 0 saturated carbocycles. The molecule has 1 aliphatic rings. The van der Waals surface area contributed by atoms with Crippen LogP contribution in [0.4, 0.5) is 17.1 Å². The molecule has 0 amide bonds. The summed E-state index contributed by atoms with van der Waals surface area (Å²) in [5.74, 6) is 0. The van der Waals surface area contributed by atoms with Crippen molar-refractivity contribution in [1.82, 2.24) is 5.01 Å². The summed E-state index contributed by atoms with van der Waals surface area (Å²) in [6, 6.07) is 14.8. The molecule has 1 N–H and O–H groups in total. The van der Waals surface area contributed by atoms with E-state index in [1.165, 1.54) is 4.90 Å². The van der Waals surface area contributed by atoms with Crippen molar-refractivity contribution in [3.63, 3.8) is 0 Å². The van der Waals surface area contributed by atoms with Gasteiger partial charge in [0, 0.05) is 24.4 Å². The van der Waals surface area contributed by atoms with Gasteiger partial charge in [-0.05, 0) is 18.2 Å². The van der Waals surface area contributed by atoms with Gasteiger partial charge >= 0.3 is 0 Å². The van der Waals surface area contributed by atoms with Crippen LogP contribution in [0.15, 0.2) is 53.6 Å². The minimum atomic E-state index is -0.342. The summed E-state index contributed by atoms with van der Waals surface area (Å²) in [4.78, 5) is 14.6. The number of nitro benzene ring substituents is 1. The summed E-state index contributed by atoms with van der Waals surface area (Å²) in [5, 5.41) is 18.1. The molecule has 0 aliphatic carbocycles. The molecule has 1 heterocycles. The zero-order chi connectivity index (χ0) is 18.5. The molecular weight excluding hydrogens is 330 g/mol. The lowest BCUT2D eigenvalue weighted by atomic mass is 10.1. The normalized spacial score (nSPS) is 15.4. The van der Waals surface area contributed by atoms with Crippen LogP contribution in [0, 0.1) is 10.1 Å². The number of nitrogens with zero attached hydrogens (tertiary/aromatic N) is 4. The minimum Gasteiger partial charge on any atom is -0.339 e. The van der Waals surface area contributed by atoms with Gasteiger partial charge in [0.25, 0.3) is 5.69 Å². The number of anilines is 2. The van der Waals surface area contributed by atoms with Gasteiger partial charge in [-0.1, -0.05) is 24.3 Å². The summed E-state index contributed by atoms with van der Waals surface area (Å²) >= 11 is 0. The van der Waals surface area contributed by atoms with Crippen molar-refractivity contribution in [2.45, 2.75) is 0 Å². The number of hydrazone groups is 1. The van der Waals surface area contributed by atoms with Crippen LogP contribution in [0.25, 0.3) is 0 Å². The van der Waals surface area contributed by atoms with Gasteiger partial charge in [-0.15, -0.1) is 0 Å². The number of likely N-dealkylation sites (N-methyl/N-ethyl adjacent to an activating group) is 1. The maximum absolute atomic E-state index is 11.6. The third-order valence-electron chi connectivity index (χ3n) is 4.66. The highest BCUT2D eigenvalue weighted by Gasteiger charge is 2.19. The molecule has 0 aromatic heterocycles. The summed E-state index contributed by atoms with van der Waals surface area (Å²) in [6.07, 6.45) is 1.71. The van der Waals surface area contributed by atoms with Crippen LogP contribution in [0.3, 0.4) is 0 Å². The molecule has 136 valence electrons. The molecule has 0 radical (unpaired) electrons. The highest BCUT2D eigenvalue weighted by Crippen LogP contribution is 2.32. The summed E-state index contributed by atoms with van der Waals surface area (Å²) in [5.41, 5.74) is 2.26. The first-order valence-electron chi connectivity index (χ1n) is 8.72. The van der Waals surface area contributed by atoms with Crippen molar-refractivity contribution in [1.29, 1.82) is 0 Å². The third-order valence-corrected chi connectivity index (χ3v) is 4.66. The van der Waals surface area contributed by atoms with E-state index < -0.39 is 0 Å². The first-order valence-corrected chi connectivity index (χ1v) is 8.72. The predicted molar refractivity (Wildman–Crippen MR) is 103 cm³/mol. The maximum Gasteiger partial charge on any atom is 0.293 e. The van der Waals surface area contributed by atoms with E-state index in [1.807, 2.05) is 53.4 Å². The third kappa shape index (κ3) is 4.18. The summed E-state index contributed by atoms with van der Waals surface area (Å²) in [6.45, 7) is 3.91. The van der Waals surface area contributed by atoms with Crippen molar-refractivity contribution < 1.29 is 9.82 Å². The van der Waals surface area contributed by atoms with E-state index in [4.69, 9.17) is 0 Å². The van der Waals surface area contributed by atoms with E-state index in [0.717, 1.165) is 37.4 Å². The van der Waals surface area contributed by atoms with E-state index in [2.05, 4.69) is 12.1 Å². The molecule has 3 rings (SSSR count). The number of quaternary nitrogens is 1. The molecule has 2 aromatic rings. The quantitative estimate of drug-likeness (QED) is 0.502. The van der Waals surface area contributed by atoms with Crippen molar-refractivity contribution in [2.75, 3.05) is 45.2 Å². The topological polar surface area (TPSA) is 66.4 Å². The Morgan fingerprint density at radius 1 is 1.19 bits per heavy atom. The first-order chi connectivity index (χ1) is 12.5. The van der Waals surface area contributed by atoms with Crippen LogP contribution >= 0.6 is 0 Å². The van der Waals surface area contributed by atoms with Crippen molar-refractivity contribution in [3.05, 3.63) is 64.2 Å². The van der Waals surface area contributed by atoms with Crippen LogP contribution in [0.5, 0.6) is 0 Å². The highest BCUT2D eigenvalue weighted by atomic mass is 16.6. The Balaban J connectivity index is 1.82. The van der Waals surface area contributed by atoms with Gasteiger partial charge in [-0.3, -0.25) is 15.1 Å². The lowest BCUT2D eigenvalue weighted by Gasteiger charge is -2.27. The second-order valence-corrected chi connectivity index (χ2v) is 6.56. The average Bonchev–Trinajstić information content (AvgIpc) is 2.67. The number of piperazine rings is 1. The number of rotatable bonds is 5. The van der Waals surface area contributed by atoms with E-state index in [0.29, 0.717) is 5.69 Å². The van der Waals surface area contributed by atoms with Crippen molar-refractivity contribution >= 4 is 23.3 Å². The molecule has 7 nitrogen and oxygen atoms in total. The van der Waals surface area contributed by atoms with Gasteiger partial charge in [-0.25, -0.2) is 0 Å². The number of hydrogen-bond donors (Lipinski definition) is 1. The average molecular weight is 354 g/mol. The van der Waals surface area contributed by atoms with Crippen LogP contribution in [-0.2, 0) is 0 Å². The van der Waals surface area contributed by atoms with E-state index in [9.17, 15) is 10.1 Å². The summed E-state index contributed by atoms with van der Waals surface area (Å²) < 4.78 is 0. The number of hydrogen-bond acceptors (Lipinski definition) is 5. The fourth-order valence-electron chi connectivity index (χ4n) is 2.98. The molecule has 26 heavy (non-hydrogen) atoms. The van der Waals surface area contributed by atoms with Crippen LogP contribution in [0.1, 0.15) is 5.56 Å². The van der Waals surface area contributed by atoms with Crippen LogP contribution in [-0.4, -0.2) is 56.4 Å². The Morgan fingerprint density at radius 3 is 2.54 bits per heavy atom. The molecule has 0 spiro atoms. The molecule has 2 aromatic carbocycles. The van der Waals surface area contributed by atoms with Crippen LogP contribution in [0.2, 0.25) is 0 Å². The largest absolute Gasteiger partial charge is 0.339 e. The van der Waals surface area contributed by atoms with E-state index in [1.54, 1.807) is 18.3 Å². The Kier molecular flexibility index (Phi) is 5.48. The molecule has 7 heteroatoms. The van der Waals surface area contributed by atoms with Crippen molar-refractivity contribution in [3.8, 4) is 0 Å². The number of nitro groups is 1. The smallest absolute Gasteiger partial charge is 0.293 e. The Hall–Kier alpha value is -2.93. The zero-order valence-corrected chi connectivity index (χ0v) is 15.1. The number of benzene rings is 2. The van der Waals surface area contributed by atoms with Crippen molar-refractivity contribution in [2.24, 2.45) is 5.10 Å². The Labute approximate surface area is 153 Å². The SMILES string of the molecule is CN(c1ccccc1)c1ccc(/C=N\N2CC[NH+](C)CC2)cc1[N+](=O)[O-]. The van der Waals surface area contributed by atoms with Gasteiger partial charge in [0.2, 0.25) is 0 Å². The first kappa shape index (κ1) is 17.9. The second kappa shape index (κ2) is 7.97. The summed E-state index contributed by atoms with van der Waals surface area (Å²) in [7, 11) is 4.00. The Bertz CT molecular complexity index is 786. The van der Waals surface area contributed by atoms with E-state index in [-0.39, 0.29) is 10.6 Å². The lowest BCUT2D eigenvalue weighted by Crippen LogP contribution is -3.11. The second-order valence-electron chi connectivity index (χ2n) is 6.56. The molecule has 1 fully saturated rings. The number of para-hydroxylation sites is 1. The fraction of sp³-hybridized carbons (Fsp3) is 0.316. The highest BCUT2D eigenvalue weighted by molar-refractivity contribution is 5.84. The van der Waals surface area contributed by atoms with Gasteiger partial charge in [0.1, 0.15) is 5.69 Å². The lowest BCUT2D eigenvalue weighted by molar-refractivity contribution is -0.884. The zero-order valence-electron chi connectivity index (χ0n) is 15.1. The minimum absolute atomic E-state index is 0.0723. The van der Waals surface area contributed by atoms with Gasteiger partial charge in [0.15, 0.2) is 0 Å². The number of nitrogens with one attached hydrogen (secondary N) is 1. The Morgan fingerprint density at radius 2 is 1.88 bits per heavy atom. The standard InChI is InChI=1S/C19H23N5O2/c1-21-10-12-23(13-11-21)20-15-16-8-9-18(19(14-16)24(25)26)22(2)17-6-4-3-5-7-17/h3-9,14-15H,10-13H2,1-2H3/p+1/b20-15-. The molecule has 0 unspecified atom stereocenters. The molecule has 0 bridgehead atoms. The molecule has 0 atom stereocenters. The molecule has 1 aliphatic heterocycles. The molecular formula is C19H24N5O2+. The van der Waals surface area contributed by atoms with Crippen LogP contribution < -0.4 is 9.80 Å². The van der Waals surface area contributed by atoms with Gasteiger partial charge < -0.3 is 9.80 Å². The van der Waals surface area contributed by atoms with Gasteiger partial charge in [0.05, 0.1) is 44.4 Å². The monoisotopic (exact) mass is 354 g/mol. The fourth-order valence-corrected chi connectivity index (χ4v) is 2.98. The predicted octanol–water partition coefficient (Wildman–Crippen LogP) is 1.53. The maximum atomic E-state index is 11.6. The van der Waals surface area contributed by atoms with Gasteiger partial charge in [-0.2, -0.15) is 5.10 Å². The molecule has 1 saturated heterocycles.